The van der Waals surface area contributed by atoms with E-state index in [0.29, 0.717) is 11.7 Å². The first-order valence-corrected chi connectivity index (χ1v) is 8.38. The largest absolute Gasteiger partial charge is 0.497 e. The SMILES string of the molecule is COc1ccc(/C=C2\N=C(Nc3ccccc3)N(/N=C/N(C)C)C2=O)cc1. The van der Waals surface area contributed by atoms with Crippen LogP contribution < -0.4 is 10.1 Å². The maximum atomic E-state index is 12.8. The van der Waals surface area contributed by atoms with Crippen LogP contribution in [-0.2, 0) is 4.79 Å². The Balaban J connectivity index is 1.91. The van der Waals surface area contributed by atoms with Gasteiger partial charge >= 0.3 is 0 Å². The van der Waals surface area contributed by atoms with Crippen molar-refractivity contribution in [3.05, 3.63) is 65.9 Å². The number of hydrogen-bond donors (Lipinski definition) is 1. The van der Waals surface area contributed by atoms with Gasteiger partial charge in [0.1, 0.15) is 17.8 Å². The predicted octanol–water partition coefficient (Wildman–Crippen LogP) is 2.85. The first-order chi connectivity index (χ1) is 13.1. The van der Waals surface area contributed by atoms with E-state index in [1.807, 2.05) is 68.7 Å². The first-order valence-electron chi connectivity index (χ1n) is 8.38. The van der Waals surface area contributed by atoms with Gasteiger partial charge in [-0.1, -0.05) is 30.3 Å². The summed E-state index contributed by atoms with van der Waals surface area (Å²) in [5.74, 6) is 0.799. The lowest BCUT2D eigenvalue weighted by atomic mass is 10.2. The number of carbonyl (C=O) groups is 1. The third-order valence-corrected chi connectivity index (χ3v) is 3.69. The highest BCUT2D eigenvalue weighted by molar-refractivity contribution is 6.17. The number of aliphatic imine (C=N–C) groups is 1. The zero-order chi connectivity index (χ0) is 19.2. The number of hydrazone groups is 1. The average molecular weight is 363 g/mol. The Hall–Kier alpha value is -3.61. The molecule has 1 N–H and O–H groups in total. The molecule has 2 aromatic carbocycles. The van der Waals surface area contributed by atoms with Gasteiger partial charge in [0.2, 0.25) is 5.96 Å². The van der Waals surface area contributed by atoms with Crippen molar-refractivity contribution in [1.82, 2.24) is 9.91 Å². The van der Waals surface area contributed by atoms with Gasteiger partial charge < -0.3 is 15.0 Å². The lowest BCUT2D eigenvalue weighted by Gasteiger charge is -2.14. The maximum Gasteiger partial charge on any atom is 0.300 e. The fourth-order valence-corrected chi connectivity index (χ4v) is 2.36. The summed E-state index contributed by atoms with van der Waals surface area (Å²) < 4.78 is 5.16. The van der Waals surface area contributed by atoms with Crippen LogP contribution >= 0.6 is 0 Å². The monoisotopic (exact) mass is 363 g/mol. The number of rotatable bonds is 5. The van der Waals surface area contributed by atoms with E-state index in [2.05, 4.69) is 15.4 Å². The zero-order valence-electron chi connectivity index (χ0n) is 15.5. The number of anilines is 1. The Morgan fingerprint density at radius 1 is 1.11 bits per heavy atom. The molecule has 1 aliphatic rings. The van der Waals surface area contributed by atoms with Gasteiger partial charge in [-0.15, -0.1) is 0 Å². The number of guanidine groups is 1. The summed E-state index contributed by atoms with van der Waals surface area (Å²) >= 11 is 0. The number of hydrogen-bond acceptors (Lipinski definition) is 5. The van der Waals surface area contributed by atoms with Gasteiger partial charge in [0.25, 0.3) is 5.91 Å². The van der Waals surface area contributed by atoms with Crippen LogP contribution in [-0.4, -0.2) is 49.3 Å². The van der Waals surface area contributed by atoms with Gasteiger partial charge in [-0.2, -0.15) is 10.1 Å². The highest BCUT2D eigenvalue weighted by atomic mass is 16.5. The van der Waals surface area contributed by atoms with Gasteiger partial charge in [-0.3, -0.25) is 4.79 Å². The van der Waals surface area contributed by atoms with Crippen LogP contribution in [0.15, 0.2) is 70.4 Å². The molecule has 0 fully saturated rings. The molecule has 0 saturated carbocycles. The standard InChI is InChI=1S/C20H21N5O2/c1-24(2)14-21-25-19(26)18(13-15-9-11-17(27-3)12-10-15)23-20(25)22-16-7-5-4-6-8-16/h4-14H,1-3H3,(H,22,23)/b18-13-,21-14+. The van der Waals surface area contributed by atoms with Crippen LogP contribution in [0.4, 0.5) is 5.69 Å². The van der Waals surface area contributed by atoms with E-state index in [4.69, 9.17) is 4.74 Å². The number of carbonyl (C=O) groups excluding carboxylic acids is 1. The van der Waals surface area contributed by atoms with Crippen molar-refractivity contribution in [3.8, 4) is 5.75 Å². The molecule has 138 valence electrons. The molecule has 0 spiro atoms. The summed E-state index contributed by atoms with van der Waals surface area (Å²) in [6, 6.07) is 16.9. The maximum absolute atomic E-state index is 12.8. The molecule has 1 aliphatic heterocycles. The topological polar surface area (TPSA) is 69.5 Å². The Kier molecular flexibility index (Phi) is 5.51. The van der Waals surface area contributed by atoms with Gasteiger partial charge in [0.05, 0.1) is 7.11 Å². The molecule has 1 heterocycles. The van der Waals surface area contributed by atoms with Crippen molar-refractivity contribution in [1.29, 1.82) is 0 Å². The summed E-state index contributed by atoms with van der Waals surface area (Å²) in [7, 11) is 5.28. The molecule has 0 aromatic heterocycles. The predicted molar refractivity (Wildman–Crippen MR) is 107 cm³/mol. The molecule has 0 saturated heterocycles. The Bertz CT molecular complexity index is 886. The molecule has 3 rings (SSSR count). The molecule has 0 bridgehead atoms. The molecule has 7 nitrogen and oxygen atoms in total. The third-order valence-electron chi connectivity index (χ3n) is 3.69. The number of ether oxygens (including phenoxy) is 1. The van der Waals surface area contributed by atoms with Crippen LogP contribution in [0.1, 0.15) is 5.56 Å². The number of nitrogens with zero attached hydrogens (tertiary/aromatic N) is 4. The van der Waals surface area contributed by atoms with Crippen LogP contribution in [0.25, 0.3) is 6.08 Å². The van der Waals surface area contributed by atoms with Crippen molar-refractivity contribution in [2.24, 2.45) is 10.1 Å². The molecule has 0 unspecified atom stereocenters. The zero-order valence-corrected chi connectivity index (χ0v) is 15.5. The normalized spacial score (nSPS) is 15.4. The highest BCUT2D eigenvalue weighted by Crippen LogP contribution is 2.21. The molecule has 27 heavy (non-hydrogen) atoms. The molecular formula is C20H21N5O2. The van der Waals surface area contributed by atoms with Gasteiger partial charge in [-0.05, 0) is 35.9 Å². The average Bonchev–Trinajstić information content (AvgIpc) is 2.96. The molecule has 0 atom stereocenters. The van der Waals surface area contributed by atoms with Crippen LogP contribution in [0.2, 0.25) is 0 Å². The number of amides is 1. The van der Waals surface area contributed by atoms with E-state index >= 15 is 0 Å². The van der Waals surface area contributed by atoms with Crippen LogP contribution in [0.5, 0.6) is 5.75 Å². The number of benzene rings is 2. The summed E-state index contributed by atoms with van der Waals surface area (Å²) in [6.07, 6.45) is 3.27. The molecular weight excluding hydrogens is 342 g/mol. The second-order valence-corrected chi connectivity index (χ2v) is 6.04. The van der Waals surface area contributed by atoms with Crippen molar-refractivity contribution in [3.63, 3.8) is 0 Å². The molecule has 7 heteroatoms. The Labute approximate surface area is 158 Å². The number of nitrogens with one attached hydrogen (secondary N) is 1. The van der Waals surface area contributed by atoms with Crippen molar-refractivity contribution in [2.45, 2.75) is 0 Å². The minimum absolute atomic E-state index is 0.300. The van der Waals surface area contributed by atoms with Crippen LogP contribution in [0.3, 0.4) is 0 Å². The molecule has 1 amide bonds. The summed E-state index contributed by atoms with van der Waals surface area (Å²) in [4.78, 5) is 19.0. The first kappa shape index (κ1) is 18.2. The minimum atomic E-state index is -0.303. The summed E-state index contributed by atoms with van der Waals surface area (Å²) in [6.45, 7) is 0. The van der Waals surface area contributed by atoms with Crippen LogP contribution in [0, 0.1) is 0 Å². The summed E-state index contributed by atoms with van der Waals surface area (Å²) in [5, 5.41) is 8.62. The van der Waals surface area contributed by atoms with Gasteiger partial charge in [0, 0.05) is 19.8 Å². The fourth-order valence-electron chi connectivity index (χ4n) is 2.36. The second-order valence-electron chi connectivity index (χ2n) is 6.04. The van der Waals surface area contributed by atoms with Gasteiger partial charge in [0.15, 0.2) is 0 Å². The van der Waals surface area contributed by atoms with E-state index in [1.165, 1.54) is 5.01 Å². The molecule has 0 aliphatic carbocycles. The molecule has 2 aromatic rings. The summed E-state index contributed by atoms with van der Waals surface area (Å²) in [5.41, 5.74) is 1.97. The van der Waals surface area contributed by atoms with E-state index < -0.39 is 0 Å². The van der Waals surface area contributed by atoms with E-state index in [1.54, 1.807) is 24.4 Å². The lowest BCUT2D eigenvalue weighted by Crippen LogP contribution is -2.33. The van der Waals surface area contributed by atoms with Crippen molar-refractivity contribution < 1.29 is 9.53 Å². The Morgan fingerprint density at radius 2 is 1.81 bits per heavy atom. The highest BCUT2D eigenvalue weighted by Gasteiger charge is 2.30. The minimum Gasteiger partial charge on any atom is -0.497 e. The van der Waals surface area contributed by atoms with Crippen molar-refractivity contribution in [2.75, 3.05) is 26.5 Å². The Morgan fingerprint density at radius 3 is 2.44 bits per heavy atom. The second kappa shape index (κ2) is 8.18. The number of methoxy groups -OCH3 is 1. The van der Waals surface area contributed by atoms with E-state index in [9.17, 15) is 4.79 Å². The van der Waals surface area contributed by atoms with E-state index in [0.717, 1.165) is 17.0 Å². The van der Waals surface area contributed by atoms with Gasteiger partial charge in [-0.25, -0.2) is 4.99 Å². The molecule has 0 radical (unpaired) electrons. The quantitative estimate of drug-likeness (QED) is 0.504. The lowest BCUT2D eigenvalue weighted by molar-refractivity contribution is -0.122. The van der Waals surface area contributed by atoms with E-state index in [-0.39, 0.29) is 5.91 Å². The fraction of sp³-hybridized carbons (Fsp3) is 0.150. The number of para-hydroxylation sites is 1. The smallest absolute Gasteiger partial charge is 0.300 e. The third kappa shape index (κ3) is 4.52. The van der Waals surface area contributed by atoms with Crippen molar-refractivity contribution >= 4 is 30.0 Å².